The van der Waals surface area contributed by atoms with E-state index in [0.29, 0.717) is 13.2 Å². The normalized spacial score (nSPS) is 23.3. The molecule has 1 N–H and O–H groups in total. The highest BCUT2D eigenvalue weighted by Gasteiger charge is 2.46. The number of ether oxygens (including phenoxy) is 2. The van der Waals surface area contributed by atoms with Crippen LogP contribution in [0.25, 0.3) is 0 Å². The van der Waals surface area contributed by atoms with Gasteiger partial charge in [-0.05, 0) is 24.6 Å². The molecule has 1 heterocycles. The van der Waals surface area contributed by atoms with Crippen LogP contribution in [0, 0.1) is 6.92 Å². The summed E-state index contributed by atoms with van der Waals surface area (Å²) in [6.07, 6.45) is 0. The zero-order valence-electron chi connectivity index (χ0n) is 14.0. The van der Waals surface area contributed by atoms with Crippen LogP contribution < -0.4 is 10.1 Å². The zero-order chi connectivity index (χ0) is 18.0. The zero-order valence-corrected chi connectivity index (χ0v) is 15.6. The monoisotopic (exact) mass is 377 g/mol. The summed E-state index contributed by atoms with van der Waals surface area (Å²) < 4.78 is 60.3. The van der Waals surface area contributed by atoms with Gasteiger partial charge in [0.2, 0.25) is 0 Å². The van der Waals surface area contributed by atoms with Crippen molar-refractivity contribution in [2.24, 2.45) is 0 Å². The van der Waals surface area contributed by atoms with Gasteiger partial charge in [0.25, 0.3) is 0 Å². The van der Waals surface area contributed by atoms with Crippen molar-refractivity contribution in [3.8, 4) is 5.75 Å². The lowest BCUT2D eigenvalue weighted by molar-refractivity contribution is 0.196. The third-order valence-electron chi connectivity index (χ3n) is 4.04. The molecule has 24 heavy (non-hydrogen) atoms. The van der Waals surface area contributed by atoms with E-state index in [0.717, 1.165) is 5.56 Å². The third kappa shape index (κ3) is 4.08. The van der Waals surface area contributed by atoms with E-state index in [1.807, 2.05) is 0 Å². The summed E-state index contributed by atoms with van der Waals surface area (Å²) in [7, 11) is -4.38. The van der Waals surface area contributed by atoms with E-state index in [-0.39, 0.29) is 16.4 Å². The second-order valence-corrected chi connectivity index (χ2v) is 10.2. The maximum atomic E-state index is 13.1. The van der Waals surface area contributed by atoms with E-state index in [1.165, 1.54) is 20.3 Å². The molecule has 0 aromatic heterocycles. The molecule has 136 valence electrons. The molecule has 1 saturated heterocycles. The van der Waals surface area contributed by atoms with Gasteiger partial charge in [0.15, 0.2) is 19.7 Å². The molecule has 0 unspecified atom stereocenters. The molecule has 1 aliphatic heterocycles. The van der Waals surface area contributed by atoms with Crippen LogP contribution in [-0.2, 0) is 24.4 Å². The maximum Gasteiger partial charge on any atom is 0.187 e. The van der Waals surface area contributed by atoms with Crippen molar-refractivity contribution in [1.82, 2.24) is 5.32 Å². The average molecular weight is 377 g/mol. The topological polar surface area (TPSA) is 98.8 Å². The minimum Gasteiger partial charge on any atom is -0.495 e. The Balaban J connectivity index is 2.40. The average Bonchev–Trinajstić information content (AvgIpc) is 2.83. The fourth-order valence-electron chi connectivity index (χ4n) is 2.83. The van der Waals surface area contributed by atoms with Crippen LogP contribution >= 0.6 is 0 Å². The first-order chi connectivity index (χ1) is 11.2. The molecule has 0 bridgehead atoms. The molecule has 0 radical (unpaired) electrons. The van der Waals surface area contributed by atoms with E-state index >= 15 is 0 Å². The molecule has 0 spiro atoms. The molecule has 1 aliphatic rings. The Bertz CT molecular complexity index is 788. The summed E-state index contributed by atoms with van der Waals surface area (Å²) in [5.74, 6) is -0.369. The number of methoxy groups -OCH3 is 2. The molecule has 7 nitrogen and oxygen atoms in total. The van der Waals surface area contributed by atoms with E-state index < -0.39 is 36.7 Å². The van der Waals surface area contributed by atoms with Gasteiger partial charge in [0, 0.05) is 19.7 Å². The molecule has 0 amide bonds. The summed E-state index contributed by atoms with van der Waals surface area (Å²) in [6, 6.07) is 4.18. The highest BCUT2D eigenvalue weighted by atomic mass is 32.2. The predicted molar refractivity (Wildman–Crippen MR) is 91.0 cm³/mol. The molecule has 9 heteroatoms. The van der Waals surface area contributed by atoms with Gasteiger partial charge in [-0.15, -0.1) is 0 Å². The van der Waals surface area contributed by atoms with Crippen LogP contribution in [0.3, 0.4) is 0 Å². The Labute approximate surface area is 143 Å². The second kappa shape index (κ2) is 7.38. The summed E-state index contributed by atoms with van der Waals surface area (Å²) in [5, 5.41) is 1.95. The summed E-state index contributed by atoms with van der Waals surface area (Å²) >= 11 is 0. The SMILES string of the molecule is COCCN[C@@H]1CS(=O)(=O)C[C@@H]1S(=O)(=O)c1cc(C)ccc1OC. The molecule has 0 aliphatic carbocycles. The van der Waals surface area contributed by atoms with Gasteiger partial charge in [-0.25, -0.2) is 16.8 Å². The molecular formula is C15H23NO6S2. The van der Waals surface area contributed by atoms with Crippen molar-refractivity contribution in [1.29, 1.82) is 0 Å². The largest absolute Gasteiger partial charge is 0.495 e. The Kier molecular flexibility index (Phi) is 5.90. The number of hydrogen-bond acceptors (Lipinski definition) is 7. The number of nitrogens with one attached hydrogen (secondary N) is 1. The van der Waals surface area contributed by atoms with Gasteiger partial charge in [0.1, 0.15) is 10.6 Å². The van der Waals surface area contributed by atoms with Crippen LogP contribution in [0.4, 0.5) is 0 Å². The number of benzene rings is 1. The Morgan fingerprint density at radius 1 is 1.25 bits per heavy atom. The van der Waals surface area contributed by atoms with E-state index in [2.05, 4.69) is 5.32 Å². The fourth-order valence-corrected chi connectivity index (χ4v) is 7.79. The van der Waals surface area contributed by atoms with Crippen LogP contribution in [0.5, 0.6) is 5.75 Å². The van der Waals surface area contributed by atoms with Crippen molar-refractivity contribution < 1.29 is 26.3 Å². The fraction of sp³-hybridized carbons (Fsp3) is 0.600. The van der Waals surface area contributed by atoms with Crippen LogP contribution in [0.2, 0.25) is 0 Å². The standard InChI is InChI=1S/C15H23NO6S2/c1-11-4-5-13(22-3)14(8-11)24(19,20)15-10-23(17,18)9-12(15)16-6-7-21-2/h4-5,8,12,15-16H,6-7,9-10H2,1-3H3/t12-,15+/m1/s1. The number of hydrogen-bond donors (Lipinski definition) is 1. The maximum absolute atomic E-state index is 13.1. The van der Waals surface area contributed by atoms with Crippen LogP contribution in [-0.4, -0.2) is 67.0 Å². The number of sulfone groups is 2. The van der Waals surface area contributed by atoms with Crippen molar-refractivity contribution in [2.45, 2.75) is 23.1 Å². The lowest BCUT2D eigenvalue weighted by Gasteiger charge is -2.21. The summed E-state index contributed by atoms with van der Waals surface area (Å²) in [4.78, 5) is 0.0330. The highest BCUT2D eigenvalue weighted by molar-refractivity contribution is 7.96. The first kappa shape index (κ1) is 19.2. The molecule has 1 fully saturated rings. The smallest absolute Gasteiger partial charge is 0.187 e. The Morgan fingerprint density at radius 2 is 1.96 bits per heavy atom. The molecule has 2 rings (SSSR count). The van der Waals surface area contributed by atoms with Gasteiger partial charge in [-0.2, -0.15) is 0 Å². The first-order valence-corrected chi connectivity index (χ1v) is 10.9. The third-order valence-corrected chi connectivity index (χ3v) is 8.21. The molecule has 1 aromatic rings. The summed E-state index contributed by atoms with van der Waals surface area (Å²) in [5.41, 5.74) is 0.763. The van der Waals surface area contributed by atoms with Crippen molar-refractivity contribution in [2.75, 3.05) is 38.9 Å². The highest BCUT2D eigenvalue weighted by Crippen LogP contribution is 2.32. The van der Waals surface area contributed by atoms with Gasteiger partial charge in [0.05, 0.1) is 30.5 Å². The lowest BCUT2D eigenvalue weighted by Crippen LogP contribution is -2.44. The van der Waals surface area contributed by atoms with E-state index in [4.69, 9.17) is 9.47 Å². The van der Waals surface area contributed by atoms with Crippen molar-refractivity contribution in [3.05, 3.63) is 23.8 Å². The minimum absolute atomic E-state index is 0.0330. The predicted octanol–water partition coefficient (Wildman–Crippen LogP) is 0.179. The van der Waals surface area contributed by atoms with Crippen molar-refractivity contribution >= 4 is 19.7 Å². The van der Waals surface area contributed by atoms with E-state index in [1.54, 1.807) is 19.1 Å². The quantitative estimate of drug-likeness (QED) is 0.677. The molecule has 2 atom stereocenters. The number of rotatable bonds is 7. The lowest BCUT2D eigenvalue weighted by atomic mass is 10.2. The van der Waals surface area contributed by atoms with E-state index in [9.17, 15) is 16.8 Å². The van der Waals surface area contributed by atoms with Crippen LogP contribution in [0.1, 0.15) is 5.56 Å². The van der Waals surface area contributed by atoms with Gasteiger partial charge in [-0.3, -0.25) is 0 Å². The van der Waals surface area contributed by atoms with Gasteiger partial charge < -0.3 is 14.8 Å². The molecule has 0 saturated carbocycles. The minimum atomic E-state index is -3.87. The first-order valence-electron chi connectivity index (χ1n) is 7.52. The molecular weight excluding hydrogens is 354 g/mol. The van der Waals surface area contributed by atoms with Crippen molar-refractivity contribution in [3.63, 3.8) is 0 Å². The second-order valence-electron chi connectivity index (χ2n) is 5.87. The Morgan fingerprint density at radius 3 is 2.58 bits per heavy atom. The van der Waals surface area contributed by atoms with Crippen LogP contribution in [0.15, 0.2) is 23.1 Å². The molecule has 1 aromatic carbocycles. The van der Waals surface area contributed by atoms with Gasteiger partial charge in [-0.1, -0.05) is 6.07 Å². The summed E-state index contributed by atoms with van der Waals surface area (Å²) in [6.45, 7) is 2.53. The Hall–Kier alpha value is -1.16. The van der Waals surface area contributed by atoms with Gasteiger partial charge >= 0.3 is 0 Å². The number of aryl methyl sites for hydroxylation is 1.